The topological polar surface area (TPSA) is 16.4 Å². The lowest BCUT2D eigenvalue weighted by atomic mass is 9.93. The number of rotatable bonds is 7. The van der Waals surface area contributed by atoms with Crippen molar-refractivity contribution in [3.8, 4) is 44.5 Å². The third-order valence-corrected chi connectivity index (χ3v) is 10.5. The van der Waals surface area contributed by atoms with Crippen LogP contribution in [0.1, 0.15) is 0 Å². The van der Waals surface area contributed by atoms with Gasteiger partial charge < -0.3 is 9.32 Å². The maximum absolute atomic E-state index is 6.17. The van der Waals surface area contributed by atoms with E-state index in [2.05, 4.69) is 205 Å². The lowest BCUT2D eigenvalue weighted by Gasteiger charge is -2.27. The normalized spacial score (nSPS) is 11.3. The first-order chi connectivity index (χ1) is 26.8. The Balaban J connectivity index is 1.13. The molecule has 2 heteroatoms. The van der Waals surface area contributed by atoms with Gasteiger partial charge in [0.2, 0.25) is 0 Å². The van der Waals surface area contributed by atoms with Gasteiger partial charge in [-0.05, 0) is 110 Å². The SMILES string of the molecule is c1ccc(-c2ccc(N(c3ccc(-c4cccc5ccccc45)cc3)c3cccc(-c4ccc5oc6ccccc6c5c4)c3)cc2-c2ccccc2)cc1. The molecular weight excluding hydrogens is 655 g/mol. The first-order valence-electron chi connectivity index (χ1n) is 18.4. The number of para-hydroxylation sites is 1. The first-order valence-corrected chi connectivity index (χ1v) is 18.4. The van der Waals surface area contributed by atoms with Gasteiger partial charge in [-0.1, -0.05) is 158 Å². The quantitative estimate of drug-likeness (QED) is 0.166. The van der Waals surface area contributed by atoms with Crippen LogP contribution in [-0.2, 0) is 0 Å². The average Bonchev–Trinajstić information content (AvgIpc) is 3.63. The molecule has 10 aromatic rings. The number of benzene rings is 9. The standard InChI is InChI=1S/C52H35NO/c1-3-13-36(14-4-1)47-31-30-44(35-49(47)38-15-5-2-6-16-38)53(42-28-25-39(26-29-42)46-23-12-18-37-17-7-8-21-45(37)46)43-20-11-19-40(33-43)41-27-32-52-50(34-41)48-22-9-10-24-51(48)54-52/h1-35H. The zero-order chi connectivity index (χ0) is 35.8. The van der Waals surface area contributed by atoms with Gasteiger partial charge in [-0.15, -0.1) is 0 Å². The van der Waals surface area contributed by atoms with Crippen LogP contribution in [0.3, 0.4) is 0 Å². The largest absolute Gasteiger partial charge is 0.456 e. The molecule has 9 aromatic carbocycles. The van der Waals surface area contributed by atoms with Crippen molar-refractivity contribution in [2.45, 2.75) is 0 Å². The molecule has 0 amide bonds. The van der Waals surface area contributed by atoms with E-state index in [4.69, 9.17) is 4.42 Å². The van der Waals surface area contributed by atoms with Gasteiger partial charge in [0.05, 0.1) is 0 Å². The van der Waals surface area contributed by atoms with Crippen molar-refractivity contribution in [1.29, 1.82) is 0 Å². The molecule has 0 atom stereocenters. The van der Waals surface area contributed by atoms with Gasteiger partial charge >= 0.3 is 0 Å². The fraction of sp³-hybridized carbons (Fsp3) is 0. The van der Waals surface area contributed by atoms with E-state index < -0.39 is 0 Å². The third kappa shape index (κ3) is 5.71. The number of hydrogen-bond acceptors (Lipinski definition) is 2. The molecule has 0 radical (unpaired) electrons. The average molecular weight is 690 g/mol. The zero-order valence-corrected chi connectivity index (χ0v) is 29.6. The van der Waals surface area contributed by atoms with Gasteiger partial charge in [0.25, 0.3) is 0 Å². The van der Waals surface area contributed by atoms with Crippen LogP contribution in [0.2, 0.25) is 0 Å². The Morgan fingerprint density at radius 2 is 0.833 bits per heavy atom. The van der Waals surface area contributed by atoms with Crippen molar-refractivity contribution in [3.05, 3.63) is 212 Å². The van der Waals surface area contributed by atoms with Crippen LogP contribution in [0.15, 0.2) is 217 Å². The Kier molecular flexibility index (Phi) is 7.85. The molecule has 1 aromatic heterocycles. The van der Waals surface area contributed by atoms with Crippen LogP contribution in [0, 0.1) is 0 Å². The maximum Gasteiger partial charge on any atom is 0.135 e. The van der Waals surface area contributed by atoms with Crippen LogP contribution in [0.25, 0.3) is 77.2 Å². The highest BCUT2D eigenvalue weighted by molar-refractivity contribution is 6.06. The van der Waals surface area contributed by atoms with Crippen LogP contribution in [0.5, 0.6) is 0 Å². The molecule has 2 nitrogen and oxygen atoms in total. The van der Waals surface area contributed by atoms with Crippen LogP contribution >= 0.6 is 0 Å². The molecular formula is C52H35NO. The van der Waals surface area contributed by atoms with Gasteiger partial charge in [-0.3, -0.25) is 0 Å². The minimum Gasteiger partial charge on any atom is -0.456 e. The van der Waals surface area contributed by atoms with E-state index in [1.807, 2.05) is 12.1 Å². The number of hydrogen-bond donors (Lipinski definition) is 0. The molecule has 0 saturated carbocycles. The Labute approximate surface area is 314 Å². The predicted octanol–water partition coefficient (Wildman–Crippen LogP) is 14.9. The Hall–Kier alpha value is -7.16. The van der Waals surface area contributed by atoms with E-state index in [0.717, 1.165) is 50.1 Å². The Morgan fingerprint density at radius 1 is 0.278 bits per heavy atom. The molecule has 54 heavy (non-hydrogen) atoms. The fourth-order valence-electron chi connectivity index (χ4n) is 7.84. The van der Waals surface area contributed by atoms with E-state index >= 15 is 0 Å². The minimum absolute atomic E-state index is 0.899. The van der Waals surface area contributed by atoms with Crippen LogP contribution < -0.4 is 4.90 Å². The van der Waals surface area contributed by atoms with Crippen molar-refractivity contribution < 1.29 is 4.42 Å². The smallest absolute Gasteiger partial charge is 0.135 e. The van der Waals surface area contributed by atoms with Crippen molar-refractivity contribution in [2.24, 2.45) is 0 Å². The Bertz CT molecular complexity index is 2920. The molecule has 0 unspecified atom stereocenters. The second-order valence-electron chi connectivity index (χ2n) is 13.7. The summed E-state index contributed by atoms with van der Waals surface area (Å²) in [5.41, 5.74) is 14.5. The molecule has 0 aliphatic heterocycles. The lowest BCUT2D eigenvalue weighted by Crippen LogP contribution is -2.10. The summed E-state index contributed by atoms with van der Waals surface area (Å²) in [4.78, 5) is 2.38. The summed E-state index contributed by atoms with van der Waals surface area (Å²) in [6, 6.07) is 76.0. The highest BCUT2D eigenvalue weighted by atomic mass is 16.3. The molecule has 1 heterocycles. The summed E-state index contributed by atoms with van der Waals surface area (Å²) in [6.07, 6.45) is 0. The van der Waals surface area contributed by atoms with Crippen LogP contribution in [-0.4, -0.2) is 0 Å². The highest BCUT2D eigenvalue weighted by Crippen LogP contribution is 2.43. The zero-order valence-electron chi connectivity index (χ0n) is 29.6. The second kappa shape index (κ2) is 13.4. The summed E-state index contributed by atoms with van der Waals surface area (Å²) in [5, 5.41) is 4.75. The molecule has 10 rings (SSSR count). The van der Waals surface area contributed by atoms with Gasteiger partial charge in [0.1, 0.15) is 11.2 Å². The van der Waals surface area contributed by atoms with E-state index in [1.54, 1.807) is 0 Å². The highest BCUT2D eigenvalue weighted by Gasteiger charge is 2.18. The third-order valence-electron chi connectivity index (χ3n) is 10.5. The molecule has 0 saturated heterocycles. The predicted molar refractivity (Wildman–Crippen MR) is 228 cm³/mol. The van der Waals surface area contributed by atoms with Crippen LogP contribution in [0.4, 0.5) is 17.1 Å². The maximum atomic E-state index is 6.17. The molecule has 0 fully saturated rings. The second-order valence-corrected chi connectivity index (χ2v) is 13.7. The number of furan rings is 1. The van der Waals surface area contributed by atoms with Gasteiger partial charge in [-0.25, -0.2) is 0 Å². The fourth-order valence-corrected chi connectivity index (χ4v) is 7.84. The van der Waals surface area contributed by atoms with Gasteiger partial charge in [0.15, 0.2) is 0 Å². The molecule has 0 N–H and O–H groups in total. The molecule has 0 aliphatic carbocycles. The lowest BCUT2D eigenvalue weighted by molar-refractivity contribution is 0.669. The minimum atomic E-state index is 0.899. The summed E-state index contributed by atoms with van der Waals surface area (Å²) in [5.74, 6) is 0. The van der Waals surface area contributed by atoms with Gasteiger partial charge in [-0.2, -0.15) is 0 Å². The Morgan fingerprint density at radius 3 is 1.65 bits per heavy atom. The number of fused-ring (bicyclic) bond motifs is 4. The van der Waals surface area contributed by atoms with Crippen molar-refractivity contribution >= 4 is 49.8 Å². The molecule has 0 spiro atoms. The van der Waals surface area contributed by atoms with E-state index in [-0.39, 0.29) is 0 Å². The number of anilines is 3. The van der Waals surface area contributed by atoms with Crippen molar-refractivity contribution in [1.82, 2.24) is 0 Å². The van der Waals surface area contributed by atoms with Gasteiger partial charge in [0, 0.05) is 27.8 Å². The monoisotopic (exact) mass is 689 g/mol. The summed E-state index contributed by atoms with van der Waals surface area (Å²) < 4.78 is 6.17. The first kappa shape index (κ1) is 31.6. The summed E-state index contributed by atoms with van der Waals surface area (Å²) in [7, 11) is 0. The summed E-state index contributed by atoms with van der Waals surface area (Å²) >= 11 is 0. The number of nitrogens with zero attached hydrogens (tertiary/aromatic N) is 1. The molecule has 0 aliphatic rings. The van der Waals surface area contributed by atoms with E-state index in [1.165, 1.54) is 44.2 Å². The summed E-state index contributed by atoms with van der Waals surface area (Å²) in [6.45, 7) is 0. The van der Waals surface area contributed by atoms with E-state index in [0.29, 0.717) is 0 Å². The molecule has 0 bridgehead atoms. The van der Waals surface area contributed by atoms with Crippen molar-refractivity contribution in [2.75, 3.05) is 4.90 Å². The molecule has 254 valence electrons. The van der Waals surface area contributed by atoms with E-state index in [9.17, 15) is 0 Å². The van der Waals surface area contributed by atoms with Crippen molar-refractivity contribution in [3.63, 3.8) is 0 Å².